The zero-order chi connectivity index (χ0) is 19.8. The lowest BCUT2D eigenvalue weighted by Crippen LogP contribution is -2.49. The van der Waals surface area contributed by atoms with E-state index in [1.165, 1.54) is 30.4 Å². The molecule has 2 N–H and O–H groups in total. The van der Waals surface area contributed by atoms with Crippen LogP contribution in [-0.4, -0.2) is 56.6 Å². The lowest BCUT2D eigenvalue weighted by Gasteiger charge is -2.35. The Bertz CT molecular complexity index is 677. The van der Waals surface area contributed by atoms with Crippen LogP contribution in [-0.2, 0) is 9.53 Å². The summed E-state index contributed by atoms with van der Waals surface area (Å²) >= 11 is 0. The summed E-state index contributed by atoms with van der Waals surface area (Å²) in [4.78, 5) is 18.9. The summed E-state index contributed by atoms with van der Waals surface area (Å²) in [6.45, 7) is 5.70. The van der Waals surface area contributed by atoms with Crippen LogP contribution in [0.2, 0.25) is 0 Å². The van der Waals surface area contributed by atoms with Gasteiger partial charge in [0.15, 0.2) is 5.96 Å². The second-order valence-electron chi connectivity index (χ2n) is 7.76. The van der Waals surface area contributed by atoms with E-state index >= 15 is 0 Å². The maximum atomic E-state index is 12.2. The number of aryl methyl sites for hydroxylation is 1. The minimum atomic E-state index is 0. The van der Waals surface area contributed by atoms with Gasteiger partial charge in [0.2, 0.25) is 5.91 Å². The number of carbonyl (C=O) groups excluding carboxylic acids is 1. The molecule has 29 heavy (non-hydrogen) atoms. The zero-order valence-electron chi connectivity index (χ0n) is 17.7. The largest absolute Gasteiger partial charge is 0.370 e. The first kappa shape index (κ1) is 23.9. The molecule has 2 aliphatic rings. The number of aliphatic imine (C=N–C) groups is 1. The highest BCUT2D eigenvalue weighted by molar-refractivity contribution is 14.0. The Morgan fingerprint density at radius 1 is 1.17 bits per heavy atom. The molecule has 1 atom stereocenters. The standard InChI is InChI=1S/C22H34N4O2.HI/c1-17-8-6-7-11-19(17)20-16-26(14-15-28-20)22(23-2)25-13-12-24-21(27)18-9-4-3-5-10-18;/h6-8,11,18,20H,3-5,9-10,12-16H2,1-2H3,(H,23,25)(H,24,27);1H. The fraction of sp³-hybridized carbons (Fsp3) is 0.636. The maximum absolute atomic E-state index is 12.2. The van der Waals surface area contributed by atoms with Gasteiger partial charge in [-0.15, -0.1) is 24.0 Å². The second-order valence-corrected chi connectivity index (χ2v) is 7.76. The Labute approximate surface area is 191 Å². The van der Waals surface area contributed by atoms with Gasteiger partial charge in [0, 0.05) is 32.6 Å². The van der Waals surface area contributed by atoms with E-state index in [1.807, 2.05) is 0 Å². The monoisotopic (exact) mass is 514 g/mol. The van der Waals surface area contributed by atoms with Gasteiger partial charge >= 0.3 is 0 Å². The third kappa shape index (κ3) is 6.84. The molecular formula is C22H35IN4O2. The molecule has 6 nitrogen and oxygen atoms in total. The van der Waals surface area contributed by atoms with Crippen molar-refractivity contribution in [3.63, 3.8) is 0 Å². The Morgan fingerprint density at radius 3 is 2.62 bits per heavy atom. The van der Waals surface area contributed by atoms with Crippen LogP contribution in [0.4, 0.5) is 0 Å². The summed E-state index contributed by atoms with van der Waals surface area (Å²) in [5.74, 6) is 1.29. The average molecular weight is 514 g/mol. The van der Waals surface area contributed by atoms with Gasteiger partial charge in [-0.25, -0.2) is 0 Å². The average Bonchev–Trinajstić information content (AvgIpc) is 2.74. The molecule has 0 spiro atoms. The predicted molar refractivity (Wildman–Crippen MR) is 128 cm³/mol. The van der Waals surface area contributed by atoms with Crippen molar-refractivity contribution in [1.29, 1.82) is 0 Å². The van der Waals surface area contributed by atoms with Crippen molar-refractivity contribution in [2.45, 2.75) is 45.1 Å². The number of halogens is 1. The third-order valence-corrected chi connectivity index (χ3v) is 5.80. The number of hydrogen-bond acceptors (Lipinski definition) is 3. The van der Waals surface area contributed by atoms with Gasteiger partial charge in [-0.05, 0) is 30.9 Å². The van der Waals surface area contributed by atoms with Crippen LogP contribution in [0, 0.1) is 12.8 Å². The van der Waals surface area contributed by atoms with Crippen molar-refractivity contribution in [1.82, 2.24) is 15.5 Å². The number of ether oxygens (including phenoxy) is 1. The summed E-state index contributed by atoms with van der Waals surface area (Å²) in [6.07, 6.45) is 5.76. The van der Waals surface area contributed by atoms with E-state index in [0.717, 1.165) is 31.9 Å². The second kappa shape index (κ2) is 12.4. The Kier molecular flexibility index (Phi) is 10.2. The molecule has 162 valence electrons. The van der Waals surface area contributed by atoms with E-state index in [0.29, 0.717) is 19.7 Å². The number of nitrogens with one attached hydrogen (secondary N) is 2. The number of guanidine groups is 1. The molecule has 0 bridgehead atoms. The van der Waals surface area contributed by atoms with Crippen LogP contribution in [0.25, 0.3) is 0 Å². The van der Waals surface area contributed by atoms with Crippen molar-refractivity contribution in [2.24, 2.45) is 10.9 Å². The molecule has 3 rings (SSSR count). The summed E-state index contributed by atoms with van der Waals surface area (Å²) in [5.41, 5.74) is 2.49. The molecule has 2 fully saturated rings. The number of amides is 1. The molecule has 1 aliphatic heterocycles. The van der Waals surface area contributed by atoms with Crippen LogP contribution in [0.15, 0.2) is 29.3 Å². The number of hydrogen-bond donors (Lipinski definition) is 2. The van der Waals surface area contributed by atoms with Gasteiger partial charge in [0.25, 0.3) is 0 Å². The number of nitrogens with zero attached hydrogens (tertiary/aromatic N) is 2. The first-order valence-electron chi connectivity index (χ1n) is 10.6. The Hall–Kier alpha value is -1.35. The van der Waals surface area contributed by atoms with Crippen LogP contribution >= 0.6 is 24.0 Å². The van der Waals surface area contributed by atoms with Crippen LogP contribution in [0.5, 0.6) is 0 Å². The van der Waals surface area contributed by atoms with E-state index in [1.54, 1.807) is 7.05 Å². The van der Waals surface area contributed by atoms with Crippen molar-refractivity contribution in [3.8, 4) is 0 Å². The van der Waals surface area contributed by atoms with Gasteiger partial charge in [-0.2, -0.15) is 0 Å². The van der Waals surface area contributed by atoms with E-state index in [-0.39, 0.29) is 41.9 Å². The molecule has 1 saturated heterocycles. The number of benzene rings is 1. The first-order valence-corrected chi connectivity index (χ1v) is 10.6. The Balaban J connectivity index is 0.00000300. The highest BCUT2D eigenvalue weighted by Crippen LogP contribution is 2.25. The third-order valence-electron chi connectivity index (χ3n) is 5.80. The molecular weight excluding hydrogens is 479 g/mol. The molecule has 0 radical (unpaired) electrons. The van der Waals surface area contributed by atoms with Gasteiger partial charge < -0.3 is 20.3 Å². The SMILES string of the molecule is CN=C(NCCNC(=O)C1CCCCC1)N1CCOC(c2ccccc2C)C1.I. The number of morpholine rings is 1. The summed E-state index contributed by atoms with van der Waals surface area (Å²) in [7, 11) is 1.81. The summed E-state index contributed by atoms with van der Waals surface area (Å²) < 4.78 is 6.01. The Morgan fingerprint density at radius 2 is 1.90 bits per heavy atom. The van der Waals surface area contributed by atoms with Gasteiger partial charge in [-0.1, -0.05) is 43.5 Å². The molecule has 1 heterocycles. The molecule has 1 aromatic rings. The highest BCUT2D eigenvalue weighted by atomic mass is 127. The van der Waals surface area contributed by atoms with Gasteiger partial charge in [0.1, 0.15) is 6.10 Å². The van der Waals surface area contributed by atoms with Crippen LogP contribution < -0.4 is 10.6 Å². The predicted octanol–water partition coefficient (Wildman–Crippen LogP) is 3.26. The summed E-state index contributed by atoms with van der Waals surface area (Å²) in [5, 5.41) is 6.47. The van der Waals surface area contributed by atoms with Crippen molar-refractivity contribution in [2.75, 3.05) is 39.8 Å². The minimum absolute atomic E-state index is 0. The van der Waals surface area contributed by atoms with Crippen LogP contribution in [0.1, 0.15) is 49.3 Å². The minimum Gasteiger partial charge on any atom is -0.370 e. The summed E-state index contributed by atoms with van der Waals surface area (Å²) in [6, 6.07) is 8.38. The van der Waals surface area contributed by atoms with Crippen molar-refractivity contribution in [3.05, 3.63) is 35.4 Å². The quantitative estimate of drug-likeness (QED) is 0.274. The van der Waals surface area contributed by atoms with E-state index in [2.05, 4.69) is 51.7 Å². The van der Waals surface area contributed by atoms with E-state index in [4.69, 9.17) is 4.74 Å². The molecule has 1 saturated carbocycles. The van der Waals surface area contributed by atoms with Crippen molar-refractivity contribution >= 4 is 35.8 Å². The van der Waals surface area contributed by atoms with Crippen molar-refractivity contribution < 1.29 is 9.53 Å². The smallest absolute Gasteiger partial charge is 0.223 e. The fourth-order valence-corrected chi connectivity index (χ4v) is 4.18. The maximum Gasteiger partial charge on any atom is 0.223 e. The van der Waals surface area contributed by atoms with Crippen LogP contribution in [0.3, 0.4) is 0 Å². The zero-order valence-corrected chi connectivity index (χ0v) is 20.0. The first-order chi connectivity index (χ1) is 13.7. The topological polar surface area (TPSA) is 66.0 Å². The molecule has 7 heteroatoms. The van der Waals surface area contributed by atoms with Gasteiger partial charge in [-0.3, -0.25) is 9.79 Å². The molecule has 0 aromatic heterocycles. The number of carbonyl (C=O) groups is 1. The fourth-order valence-electron chi connectivity index (χ4n) is 4.18. The highest BCUT2D eigenvalue weighted by Gasteiger charge is 2.25. The molecule has 1 amide bonds. The normalized spacial score (nSPS) is 20.7. The van der Waals surface area contributed by atoms with E-state index in [9.17, 15) is 4.79 Å². The molecule has 1 aromatic carbocycles. The number of rotatable bonds is 5. The molecule has 1 unspecified atom stereocenters. The molecule has 1 aliphatic carbocycles. The lowest BCUT2D eigenvalue weighted by molar-refractivity contribution is -0.125. The van der Waals surface area contributed by atoms with E-state index < -0.39 is 0 Å². The lowest BCUT2D eigenvalue weighted by atomic mass is 9.89. The van der Waals surface area contributed by atoms with Gasteiger partial charge in [0.05, 0.1) is 13.2 Å².